The van der Waals surface area contributed by atoms with Gasteiger partial charge in [-0.05, 0) is 36.3 Å². The van der Waals surface area contributed by atoms with E-state index in [0.29, 0.717) is 0 Å². The molecule has 1 aromatic carbocycles. The molecule has 5 heteroatoms. The van der Waals surface area contributed by atoms with E-state index in [-0.39, 0.29) is 0 Å². The quantitative estimate of drug-likeness (QED) is 0.543. The molecular formula is C20H30N4O. The van der Waals surface area contributed by atoms with Gasteiger partial charge in [0.1, 0.15) is 5.76 Å². The number of furan rings is 1. The second kappa shape index (κ2) is 10.6. The Kier molecular flexibility index (Phi) is 8.05. The summed E-state index contributed by atoms with van der Waals surface area (Å²) < 4.78 is 5.35. The van der Waals surface area contributed by atoms with Crippen molar-refractivity contribution in [3.8, 4) is 0 Å². The van der Waals surface area contributed by atoms with E-state index in [1.165, 1.54) is 11.1 Å². The van der Waals surface area contributed by atoms with E-state index in [4.69, 9.17) is 4.42 Å². The van der Waals surface area contributed by atoms with Crippen LogP contribution in [0.4, 0.5) is 0 Å². The van der Waals surface area contributed by atoms with E-state index in [9.17, 15) is 0 Å². The molecule has 0 atom stereocenters. The Morgan fingerprint density at radius 2 is 1.80 bits per heavy atom. The average molecular weight is 342 g/mol. The van der Waals surface area contributed by atoms with E-state index in [1.54, 1.807) is 13.3 Å². The van der Waals surface area contributed by atoms with Gasteiger partial charge in [0.2, 0.25) is 0 Å². The fraction of sp³-hybridized carbons (Fsp3) is 0.450. The van der Waals surface area contributed by atoms with Crippen LogP contribution in [-0.2, 0) is 19.5 Å². The van der Waals surface area contributed by atoms with Gasteiger partial charge >= 0.3 is 0 Å². The number of aliphatic imine (C=N–C) groups is 1. The van der Waals surface area contributed by atoms with Gasteiger partial charge in [0.05, 0.1) is 6.26 Å². The highest BCUT2D eigenvalue weighted by Gasteiger charge is 2.07. The molecule has 0 unspecified atom stereocenters. The Balaban J connectivity index is 1.86. The average Bonchev–Trinajstić information content (AvgIpc) is 3.16. The zero-order valence-corrected chi connectivity index (χ0v) is 15.6. The van der Waals surface area contributed by atoms with Crippen LogP contribution >= 0.6 is 0 Å². The lowest BCUT2D eigenvalue weighted by molar-refractivity contribution is 0.295. The molecule has 0 saturated carbocycles. The highest BCUT2D eigenvalue weighted by atomic mass is 16.3. The normalized spacial score (nSPS) is 11.8. The van der Waals surface area contributed by atoms with Crippen LogP contribution in [0.3, 0.4) is 0 Å². The van der Waals surface area contributed by atoms with Crippen LogP contribution in [0.25, 0.3) is 0 Å². The van der Waals surface area contributed by atoms with Gasteiger partial charge < -0.3 is 15.1 Å². The SMILES string of the molecule is CCN(CC)Cc1ccccc1CNC(=NC)NCCc1ccco1. The zero-order chi connectivity index (χ0) is 17.9. The Morgan fingerprint density at radius 1 is 1.04 bits per heavy atom. The fourth-order valence-corrected chi connectivity index (χ4v) is 2.73. The molecule has 5 nitrogen and oxygen atoms in total. The van der Waals surface area contributed by atoms with Crippen LogP contribution in [0, 0.1) is 0 Å². The predicted molar refractivity (Wildman–Crippen MR) is 104 cm³/mol. The van der Waals surface area contributed by atoms with Crippen molar-refractivity contribution < 1.29 is 4.42 Å². The van der Waals surface area contributed by atoms with Crippen molar-refractivity contribution >= 4 is 5.96 Å². The van der Waals surface area contributed by atoms with Crippen molar-refractivity contribution in [2.75, 3.05) is 26.7 Å². The summed E-state index contributed by atoms with van der Waals surface area (Å²) in [7, 11) is 1.80. The topological polar surface area (TPSA) is 52.8 Å². The first-order valence-electron chi connectivity index (χ1n) is 9.02. The molecule has 0 aliphatic heterocycles. The van der Waals surface area contributed by atoms with Crippen molar-refractivity contribution in [1.82, 2.24) is 15.5 Å². The molecule has 25 heavy (non-hydrogen) atoms. The van der Waals surface area contributed by atoms with Crippen molar-refractivity contribution in [2.45, 2.75) is 33.4 Å². The van der Waals surface area contributed by atoms with Gasteiger partial charge in [-0.3, -0.25) is 9.89 Å². The summed E-state index contributed by atoms with van der Waals surface area (Å²) in [6.45, 7) is 9.06. The highest BCUT2D eigenvalue weighted by Crippen LogP contribution is 2.11. The lowest BCUT2D eigenvalue weighted by Gasteiger charge is -2.20. The molecule has 0 saturated heterocycles. The molecule has 136 valence electrons. The van der Waals surface area contributed by atoms with Gasteiger partial charge in [0, 0.05) is 33.1 Å². The summed E-state index contributed by atoms with van der Waals surface area (Å²) in [5.41, 5.74) is 2.67. The van der Waals surface area contributed by atoms with E-state index >= 15 is 0 Å². The fourth-order valence-electron chi connectivity index (χ4n) is 2.73. The monoisotopic (exact) mass is 342 g/mol. The summed E-state index contributed by atoms with van der Waals surface area (Å²) in [6.07, 6.45) is 2.54. The second-order valence-corrected chi connectivity index (χ2v) is 5.91. The molecule has 0 amide bonds. The molecule has 0 fully saturated rings. The van der Waals surface area contributed by atoms with Crippen LogP contribution in [0.5, 0.6) is 0 Å². The maximum absolute atomic E-state index is 5.35. The van der Waals surface area contributed by atoms with Crippen LogP contribution in [0.2, 0.25) is 0 Å². The summed E-state index contributed by atoms with van der Waals surface area (Å²) >= 11 is 0. The molecule has 0 radical (unpaired) electrons. The number of nitrogens with one attached hydrogen (secondary N) is 2. The first kappa shape index (κ1) is 19.1. The number of benzene rings is 1. The Hall–Kier alpha value is -2.27. The lowest BCUT2D eigenvalue weighted by Crippen LogP contribution is -2.38. The molecular weight excluding hydrogens is 312 g/mol. The van der Waals surface area contributed by atoms with Gasteiger partial charge in [-0.15, -0.1) is 0 Å². The minimum absolute atomic E-state index is 0.762. The Morgan fingerprint density at radius 3 is 2.44 bits per heavy atom. The van der Waals surface area contributed by atoms with Crippen LogP contribution in [-0.4, -0.2) is 37.5 Å². The molecule has 2 rings (SSSR count). The molecule has 0 aliphatic carbocycles. The van der Waals surface area contributed by atoms with E-state index in [1.807, 2.05) is 12.1 Å². The van der Waals surface area contributed by atoms with Gasteiger partial charge in [0.15, 0.2) is 5.96 Å². The van der Waals surface area contributed by atoms with Crippen LogP contribution in [0.1, 0.15) is 30.7 Å². The third-order valence-electron chi connectivity index (χ3n) is 4.32. The molecule has 2 N–H and O–H groups in total. The van der Waals surface area contributed by atoms with Crippen molar-refractivity contribution in [3.63, 3.8) is 0 Å². The largest absolute Gasteiger partial charge is 0.469 e. The zero-order valence-electron chi connectivity index (χ0n) is 15.6. The number of hydrogen-bond donors (Lipinski definition) is 2. The molecule has 0 spiro atoms. The van der Waals surface area contributed by atoms with Gasteiger partial charge in [-0.1, -0.05) is 38.1 Å². The number of guanidine groups is 1. The highest BCUT2D eigenvalue weighted by molar-refractivity contribution is 5.79. The van der Waals surface area contributed by atoms with Crippen molar-refractivity contribution in [3.05, 3.63) is 59.5 Å². The lowest BCUT2D eigenvalue weighted by atomic mass is 10.1. The molecule has 0 bridgehead atoms. The maximum Gasteiger partial charge on any atom is 0.191 e. The summed E-state index contributed by atoms with van der Waals surface area (Å²) in [5.74, 6) is 1.79. The number of hydrogen-bond acceptors (Lipinski definition) is 3. The molecule has 1 heterocycles. The molecule has 0 aliphatic rings. The summed E-state index contributed by atoms with van der Waals surface area (Å²) in [6, 6.07) is 12.5. The van der Waals surface area contributed by atoms with Crippen molar-refractivity contribution in [1.29, 1.82) is 0 Å². The number of rotatable bonds is 9. The molecule has 1 aromatic heterocycles. The third kappa shape index (κ3) is 6.27. The first-order chi connectivity index (χ1) is 12.3. The first-order valence-corrected chi connectivity index (χ1v) is 9.02. The maximum atomic E-state index is 5.35. The van der Waals surface area contributed by atoms with E-state index in [0.717, 1.165) is 50.9 Å². The summed E-state index contributed by atoms with van der Waals surface area (Å²) in [4.78, 5) is 6.72. The Bertz CT molecular complexity index is 633. The molecule has 2 aromatic rings. The van der Waals surface area contributed by atoms with Crippen LogP contribution in [0.15, 0.2) is 52.1 Å². The smallest absolute Gasteiger partial charge is 0.191 e. The second-order valence-electron chi connectivity index (χ2n) is 5.91. The van der Waals surface area contributed by atoms with Gasteiger partial charge in [-0.2, -0.15) is 0 Å². The van der Waals surface area contributed by atoms with Crippen LogP contribution < -0.4 is 10.6 Å². The Labute approximate surface area is 151 Å². The number of nitrogens with zero attached hydrogens (tertiary/aromatic N) is 2. The summed E-state index contributed by atoms with van der Waals surface area (Å²) in [5, 5.41) is 6.73. The standard InChI is InChI=1S/C20H30N4O/c1-4-24(5-2)16-18-10-7-6-9-17(18)15-23-20(21-3)22-13-12-19-11-8-14-25-19/h6-11,14H,4-5,12-13,15-16H2,1-3H3,(H2,21,22,23). The van der Waals surface area contributed by atoms with E-state index < -0.39 is 0 Å². The van der Waals surface area contributed by atoms with E-state index in [2.05, 4.69) is 58.6 Å². The minimum atomic E-state index is 0.762. The van der Waals surface area contributed by atoms with Crippen molar-refractivity contribution in [2.24, 2.45) is 4.99 Å². The third-order valence-corrected chi connectivity index (χ3v) is 4.32. The predicted octanol–water partition coefficient (Wildman–Crippen LogP) is 3.03. The minimum Gasteiger partial charge on any atom is -0.469 e. The van der Waals surface area contributed by atoms with Gasteiger partial charge in [-0.25, -0.2) is 0 Å². The van der Waals surface area contributed by atoms with Gasteiger partial charge in [0.25, 0.3) is 0 Å².